The molecule has 1 aromatic carbocycles. The Labute approximate surface area is 135 Å². The second-order valence-corrected chi connectivity index (χ2v) is 5.86. The number of benzene rings is 1. The van der Waals surface area contributed by atoms with Crippen LogP contribution in [0.5, 0.6) is 0 Å². The van der Waals surface area contributed by atoms with Gasteiger partial charge in [-0.05, 0) is 26.0 Å². The molecule has 1 amide bonds. The minimum atomic E-state index is -1.03. The van der Waals surface area contributed by atoms with Crippen LogP contribution in [0.1, 0.15) is 24.2 Å². The topological polar surface area (TPSA) is 73.7 Å². The van der Waals surface area contributed by atoms with Gasteiger partial charge in [-0.15, -0.1) is 0 Å². The van der Waals surface area contributed by atoms with Crippen molar-refractivity contribution in [1.29, 1.82) is 0 Å². The van der Waals surface area contributed by atoms with Crippen molar-refractivity contribution in [2.45, 2.75) is 19.9 Å². The molecule has 0 radical (unpaired) electrons. The summed E-state index contributed by atoms with van der Waals surface area (Å²) in [7, 11) is 3.70. The SMILES string of the molecule is CC(C)N(CC(=O)O)C(=O)c1cc(N(C)C)nc2ccccc12. The van der Waals surface area contributed by atoms with Crippen LogP contribution in [0.25, 0.3) is 10.9 Å². The number of amides is 1. The van der Waals surface area contributed by atoms with E-state index >= 15 is 0 Å². The smallest absolute Gasteiger partial charge is 0.323 e. The highest BCUT2D eigenvalue weighted by atomic mass is 16.4. The molecule has 0 atom stereocenters. The summed E-state index contributed by atoms with van der Waals surface area (Å²) < 4.78 is 0. The van der Waals surface area contributed by atoms with Crippen molar-refractivity contribution in [1.82, 2.24) is 9.88 Å². The third kappa shape index (κ3) is 3.59. The summed E-state index contributed by atoms with van der Waals surface area (Å²) >= 11 is 0. The van der Waals surface area contributed by atoms with Gasteiger partial charge in [0.15, 0.2) is 0 Å². The van der Waals surface area contributed by atoms with E-state index in [1.54, 1.807) is 19.9 Å². The summed E-state index contributed by atoms with van der Waals surface area (Å²) in [5, 5.41) is 9.79. The van der Waals surface area contributed by atoms with Gasteiger partial charge >= 0.3 is 5.97 Å². The number of rotatable bonds is 5. The molecule has 0 bridgehead atoms. The lowest BCUT2D eigenvalue weighted by molar-refractivity contribution is -0.138. The minimum absolute atomic E-state index is 0.215. The second kappa shape index (κ2) is 6.64. The molecular weight excluding hydrogens is 294 g/mol. The van der Waals surface area contributed by atoms with Crippen LogP contribution < -0.4 is 4.90 Å². The average Bonchev–Trinajstić information content (AvgIpc) is 2.50. The third-order valence-corrected chi connectivity index (χ3v) is 3.58. The largest absolute Gasteiger partial charge is 0.480 e. The standard InChI is InChI=1S/C17H21N3O3/c1-11(2)20(10-16(21)22)17(23)13-9-15(19(3)4)18-14-8-6-5-7-12(13)14/h5-9,11H,10H2,1-4H3,(H,21,22). The molecule has 122 valence electrons. The molecule has 0 aliphatic carbocycles. The van der Waals surface area contributed by atoms with Crippen molar-refractivity contribution in [2.75, 3.05) is 25.5 Å². The summed E-state index contributed by atoms with van der Waals surface area (Å²) in [5.41, 5.74) is 1.18. The molecule has 2 rings (SSSR count). The van der Waals surface area contributed by atoms with Crippen LogP contribution in [0.3, 0.4) is 0 Å². The van der Waals surface area contributed by atoms with E-state index in [1.807, 2.05) is 43.3 Å². The summed E-state index contributed by atoms with van der Waals surface area (Å²) in [5.74, 6) is -0.673. The Hall–Kier alpha value is -2.63. The zero-order valence-corrected chi connectivity index (χ0v) is 13.8. The normalized spacial score (nSPS) is 10.8. The lowest BCUT2D eigenvalue weighted by Crippen LogP contribution is -2.40. The van der Waals surface area contributed by atoms with Crippen LogP contribution in [-0.2, 0) is 4.79 Å². The van der Waals surface area contributed by atoms with E-state index in [9.17, 15) is 9.59 Å². The van der Waals surface area contributed by atoms with Crippen molar-refractivity contribution in [3.63, 3.8) is 0 Å². The number of aliphatic carboxylic acids is 1. The average molecular weight is 315 g/mol. The predicted molar refractivity (Wildman–Crippen MR) is 89.9 cm³/mol. The van der Waals surface area contributed by atoms with Gasteiger partial charge in [0.25, 0.3) is 5.91 Å². The van der Waals surface area contributed by atoms with Gasteiger partial charge < -0.3 is 14.9 Å². The van der Waals surface area contributed by atoms with Crippen LogP contribution in [0, 0.1) is 0 Å². The first-order valence-electron chi connectivity index (χ1n) is 7.41. The van der Waals surface area contributed by atoms with Crippen molar-refractivity contribution >= 4 is 28.6 Å². The number of aromatic nitrogens is 1. The predicted octanol–water partition coefficient (Wildman–Crippen LogP) is 2.24. The summed E-state index contributed by atoms with van der Waals surface area (Å²) in [4.78, 5) is 31.7. The third-order valence-electron chi connectivity index (χ3n) is 3.58. The van der Waals surface area contributed by atoms with E-state index in [0.717, 1.165) is 5.39 Å². The van der Waals surface area contributed by atoms with E-state index in [2.05, 4.69) is 4.98 Å². The van der Waals surface area contributed by atoms with Gasteiger partial charge in [0.05, 0.1) is 11.1 Å². The lowest BCUT2D eigenvalue weighted by atomic mass is 10.1. The van der Waals surface area contributed by atoms with E-state index < -0.39 is 5.97 Å². The molecule has 0 aliphatic heterocycles. The molecule has 0 fully saturated rings. The molecule has 0 aliphatic rings. The van der Waals surface area contributed by atoms with E-state index in [-0.39, 0.29) is 18.5 Å². The fraction of sp³-hybridized carbons (Fsp3) is 0.353. The maximum absolute atomic E-state index is 12.9. The monoisotopic (exact) mass is 315 g/mol. The quantitative estimate of drug-likeness (QED) is 0.916. The highest BCUT2D eigenvalue weighted by Crippen LogP contribution is 2.24. The number of carbonyl (C=O) groups excluding carboxylic acids is 1. The van der Waals surface area contributed by atoms with Crippen molar-refractivity contribution < 1.29 is 14.7 Å². The Bertz CT molecular complexity index is 741. The fourth-order valence-electron chi connectivity index (χ4n) is 2.36. The zero-order chi connectivity index (χ0) is 17.1. The molecule has 1 aromatic heterocycles. The minimum Gasteiger partial charge on any atom is -0.480 e. The van der Waals surface area contributed by atoms with Gasteiger partial charge in [-0.25, -0.2) is 4.98 Å². The fourth-order valence-corrected chi connectivity index (χ4v) is 2.36. The number of para-hydroxylation sites is 1. The Kier molecular flexibility index (Phi) is 4.83. The van der Waals surface area contributed by atoms with Gasteiger partial charge in [0.2, 0.25) is 0 Å². The number of hydrogen-bond donors (Lipinski definition) is 1. The number of pyridine rings is 1. The second-order valence-electron chi connectivity index (χ2n) is 5.86. The lowest BCUT2D eigenvalue weighted by Gasteiger charge is -2.26. The first-order chi connectivity index (χ1) is 10.8. The molecule has 0 unspecified atom stereocenters. The van der Waals surface area contributed by atoms with Crippen molar-refractivity contribution in [3.05, 3.63) is 35.9 Å². The Balaban J connectivity index is 2.60. The molecule has 23 heavy (non-hydrogen) atoms. The van der Waals surface area contributed by atoms with E-state index in [0.29, 0.717) is 16.9 Å². The number of carboxylic acid groups (broad SMARTS) is 1. The highest BCUT2D eigenvalue weighted by Gasteiger charge is 2.24. The van der Waals surface area contributed by atoms with Gasteiger partial charge in [-0.2, -0.15) is 0 Å². The van der Waals surface area contributed by atoms with Crippen LogP contribution in [0.4, 0.5) is 5.82 Å². The maximum Gasteiger partial charge on any atom is 0.323 e. The number of carbonyl (C=O) groups is 2. The van der Waals surface area contributed by atoms with E-state index in [1.165, 1.54) is 4.90 Å². The van der Waals surface area contributed by atoms with Crippen LogP contribution in [0.15, 0.2) is 30.3 Å². The van der Waals surface area contributed by atoms with Crippen LogP contribution in [-0.4, -0.2) is 53.5 Å². The van der Waals surface area contributed by atoms with E-state index in [4.69, 9.17) is 5.11 Å². The zero-order valence-electron chi connectivity index (χ0n) is 13.8. The Morgan fingerprint density at radius 1 is 1.22 bits per heavy atom. The van der Waals surface area contributed by atoms with Gasteiger partial charge in [0, 0.05) is 25.5 Å². The first kappa shape index (κ1) is 16.7. The molecule has 1 N–H and O–H groups in total. The summed E-state index contributed by atoms with van der Waals surface area (Å²) in [6.07, 6.45) is 0. The molecule has 0 saturated carbocycles. The molecule has 0 spiro atoms. The summed E-state index contributed by atoms with van der Waals surface area (Å²) in [6, 6.07) is 8.87. The molecule has 6 heteroatoms. The molecule has 6 nitrogen and oxygen atoms in total. The number of fused-ring (bicyclic) bond motifs is 1. The number of carboxylic acids is 1. The highest BCUT2D eigenvalue weighted by molar-refractivity contribution is 6.07. The van der Waals surface area contributed by atoms with Gasteiger partial charge in [-0.1, -0.05) is 18.2 Å². The van der Waals surface area contributed by atoms with Gasteiger partial charge in [0.1, 0.15) is 12.4 Å². The number of nitrogens with zero attached hydrogens (tertiary/aromatic N) is 3. The van der Waals surface area contributed by atoms with Crippen molar-refractivity contribution in [3.8, 4) is 0 Å². The number of hydrogen-bond acceptors (Lipinski definition) is 4. The molecule has 0 saturated heterocycles. The van der Waals surface area contributed by atoms with Crippen LogP contribution in [0.2, 0.25) is 0 Å². The maximum atomic E-state index is 12.9. The number of anilines is 1. The summed E-state index contributed by atoms with van der Waals surface area (Å²) in [6.45, 7) is 3.28. The molecular formula is C17H21N3O3. The molecule has 1 heterocycles. The molecule has 2 aromatic rings. The van der Waals surface area contributed by atoms with Crippen molar-refractivity contribution in [2.24, 2.45) is 0 Å². The first-order valence-corrected chi connectivity index (χ1v) is 7.41. The Morgan fingerprint density at radius 3 is 2.43 bits per heavy atom. The van der Waals surface area contributed by atoms with Gasteiger partial charge in [-0.3, -0.25) is 9.59 Å². The van der Waals surface area contributed by atoms with Crippen LogP contribution >= 0.6 is 0 Å². The Morgan fingerprint density at radius 2 is 1.87 bits per heavy atom.